The van der Waals surface area contributed by atoms with Crippen molar-refractivity contribution in [3.63, 3.8) is 0 Å². The average Bonchev–Trinajstić information content (AvgIpc) is 3.03. The lowest BCUT2D eigenvalue weighted by molar-refractivity contribution is -0.120. The summed E-state index contributed by atoms with van der Waals surface area (Å²) in [4.78, 5) is 38.9. The summed E-state index contributed by atoms with van der Waals surface area (Å²) in [5.41, 5.74) is 3.42. The van der Waals surface area contributed by atoms with Crippen LogP contribution in [0.4, 0.5) is 25.5 Å². The number of nitrogens with one attached hydrogen (secondary N) is 2. The molecule has 0 radical (unpaired) electrons. The van der Waals surface area contributed by atoms with Crippen LogP contribution < -0.4 is 15.6 Å². The van der Waals surface area contributed by atoms with Gasteiger partial charge in [0.15, 0.2) is 5.82 Å². The molecule has 3 heterocycles. The number of carbonyl (C=O) groups excluding carboxylic acids is 3. The number of amides is 4. The molecule has 4 rings (SSSR count). The summed E-state index contributed by atoms with van der Waals surface area (Å²) in [7, 11) is 1.71. The summed E-state index contributed by atoms with van der Waals surface area (Å²) in [5.74, 6) is -0.547. The summed E-state index contributed by atoms with van der Waals surface area (Å²) in [6.07, 6.45) is -0.207. The number of nitrogens with zero attached hydrogens (tertiary/aromatic N) is 5. The van der Waals surface area contributed by atoms with Gasteiger partial charge in [-0.2, -0.15) is 5.10 Å². The number of rotatable bonds is 3. The minimum Gasteiger partial charge on any atom is -0.444 e. The van der Waals surface area contributed by atoms with Gasteiger partial charge in [-0.1, -0.05) is 0 Å². The van der Waals surface area contributed by atoms with Crippen molar-refractivity contribution < 1.29 is 23.5 Å². The number of ether oxygens (including phenoxy) is 1. The summed E-state index contributed by atoms with van der Waals surface area (Å²) in [6, 6.07) is 2.39. The second-order valence-electron chi connectivity index (χ2n) is 9.12. The molecular formula is C21H28FN7O4. The molecule has 0 unspecified atom stereocenters. The van der Waals surface area contributed by atoms with Gasteiger partial charge in [-0.05, 0) is 32.9 Å². The first kappa shape index (κ1) is 22.8. The monoisotopic (exact) mass is 461 g/mol. The van der Waals surface area contributed by atoms with Crippen molar-refractivity contribution in [1.29, 1.82) is 0 Å². The van der Waals surface area contributed by atoms with Gasteiger partial charge in [0, 0.05) is 51.6 Å². The van der Waals surface area contributed by atoms with Crippen LogP contribution in [0.5, 0.6) is 0 Å². The Morgan fingerprint density at radius 2 is 1.85 bits per heavy atom. The first-order valence-corrected chi connectivity index (χ1v) is 10.8. The molecule has 33 heavy (non-hydrogen) atoms. The molecule has 1 aromatic carbocycles. The second-order valence-corrected chi connectivity index (χ2v) is 9.12. The number of hydrazine groups is 1. The van der Waals surface area contributed by atoms with Crippen LogP contribution in [-0.4, -0.2) is 76.0 Å². The minimum absolute atomic E-state index is 0.154. The van der Waals surface area contributed by atoms with Gasteiger partial charge in [0.1, 0.15) is 11.4 Å². The standard InChI is InChI=1S/C21H28FN7O4/c1-21(2,3)33-20(32)27-7-9-28(10-8-27)24-15-12-16-13(11-14(15)22)18(25-26(16)4)29-6-5-17(30)23-19(29)31/h11-12,24H,5-10H2,1-4H3,(H,23,30,31). The van der Waals surface area contributed by atoms with Gasteiger partial charge in [-0.15, -0.1) is 0 Å². The molecule has 2 aliphatic rings. The Morgan fingerprint density at radius 1 is 1.15 bits per heavy atom. The van der Waals surface area contributed by atoms with E-state index in [0.29, 0.717) is 42.9 Å². The summed E-state index contributed by atoms with van der Waals surface area (Å²) in [6.45, 7) is 7.54. The number of aromatic nitrogens is 2. The van der Waals surface area contributed by atoms with E-state index < -0.39 is 17.4 Å². The van der Waals surface area contributed by atoms with E-state index in [1.807, 2.05) is 25.8 Å². The van der Waals surface area contributed by atoms with Crippen LogP contribution in [0.25, 0.3) is 10.9 Å². The van der Waals surface area contributed by atoms with Gasteiger partial charge in [-0.3, -0.25) is 19.7 Å². The minimum atomic E-state index is -0.572. The lowest BCUT2D eigenvalue weighted by Crippen LogP contribution is -2.51. The van der Waals surface area contributed by atoms with E-state index in [2.05, 4.69) is 15.8 Å². The number of aryl methyl sites for hydroxylation is 1. The van der Waals surface area contributed by atoms with E-state index in [1.165, 1.54) is 11.0 Å². The molecule has 2 fully saturated rings. The Kier molecular flexibility index (Phi) is 5.87. The number of benzene rings is 1. The van der Waals surface area contributed by atoms with Crippen molar-refractivity contribution in [2.75, 3.05) is 43.0 Å². The Morgan fingerprint density at radius 3 is 2.48 bits per heavy atom. The molecule has 4 amide bonds. The smallest absolute Gasteiger partial charge is 0.410 e. The molecule has 0 aliphatic carbocycles. The van der Waals surface area contributed by atoms with Crippen LogP contribution in [0.3, 0.4) is 0 Å². The zero-order valence-electron chi connectivity index (χ0n) is 19.1. The zero-order valence-corrected chi connectivity index (χ0v) is 19.1. The molecule has 0 bridgehead atoms. The van der Waals surface area contributed by atoms with E-state index in [1.54, 1.807) is 22.7 Å². The van der Waals surface area contributed by atoms with Crippen LogP contribution in [-0.2, 0) is 16.6 Å². The zero-order chi connectivity index (χ0) is 23.9. The molecule has 0 atom stereocenters. The first-order valence-electron chi connectivity index (χ1n) is 10.8. The van der Waals surface area contributed by atoms with E-state index in [-0.39, 0.29) is 30.7 Å². The highest BCUT2D eigenvalue weighted by atomic mass is 19.1. The third-order valence-corrected chi connectivity index (χ3v) is 5.44. The van der Waals surface area contributed by atoms with Gasteiger partial charge in [0.05, 0.1) is 11.2 Å². The van der Waals surface area contributed by atoms with Gasteiger partial charge >= 0.3 is 12.1 Å². The van der Waals surface area contributed by atoms with Crippen molar-refractivity contribution >= 4 is 40.4 Å². The molecule has 2 saturated heterocycles. The highest BCUT2D eigenvalue weighted by Gasteiger charge is 2.29. The number of carbonyl (C=O) groups is 3. The van der Waals surface area contributed by atoms with Crippen molar-refractivity contribution in [3.05, 3.63) is 17.9 Å². The Bertz CT molecular complexity index is 1100. The van der Waals surface area contributed by atoms with Gasteiger partial charge in [0.25, 0.3) is 0 Å². The van der Waals surface area contributed by atoms with Crippen LogP contribution >= 0.6 is 0 Å². The molecule has 2 N–H and O–H groups in total. The second kappa shape index (κ2) is 8.50. The van der Waals surface area contributed by atoms with Gasteiger partial charge in [0.2, 0.25) is 5.91 Å². The van der Waals surface area contributed by atoms with E-state index >= 15 is 0 Å². The Hall–Kier alpha value is -3.41. The molecular weight excluding hydrogens is 433 g/mol. The number of hydrogen-bond acceptors (Lipinski definition) is 7. The lowest BCUT2D eigenvalue weighted by Gasteiger charge is -2.36. The molecule has 0 spiro atoms. The molecule has 12 heteroatoms. The van der Waals surface area contributed by atoms with Crippen LogP contribution in [0.15, 0.2) is 12.1 Å². The highest BCUT2D eigenvalue weighted by molar-refractivity contribution is 6.09. The number of halogens is 1. The number of urea groups is 1. The van der Waals surface area contributed by atoms with Crippen molar-refractivity contribution in [1.82, 2.24) is 25.0 Å². The Balaban J connectivity index is 1.47. The van der Waals surface area contributed by atoms with Crippen LogP contribution in [0, 0.1) is 5.82 Å². The number of fused-ring (bicyclic) bond motifs is 1. The normalized spacial score (nSPS) is 18.0. The fourth-order valence-electron chi connectivity index (χ4n) is 3.81. The first-order chi connectivity index (χ1) is 15.5. The summed E-state index contributed by atoms with van der Waals surface area (Å²) < 4.78 is 22.0. The van der Waals surface area contributed by atoms with E-state index in [9.17, 15) is 18.8 Å². The van der Waals surface area contributed by atoms with Crippen molar-refractivity contribution in [2.24, 2.45) is 7.05 Å². The average molecular weight is 461 g/mol. The fraction of sp³-hybridized carbons (Fsp3) is 0.524. The lowest BCUT2D eigenvalue weighted by atomic mass is 10.2. The third-order valence-electron chi connectivity index (χ3n) is 5.44. The van der Waals surface area contributed by atoms with E-state index in [0.717, 1.165) is 0 Å². The Labute approximate surface area is 190 Å². The van der Waals surface area contributed by atoms with E-state index in [4.69, 9.17) is 4.74 Å². The molecule has 2 aliphatic heterocycles. The third kappa shape index (κ3) is 4.85. The van der Waals surface area contributed by atoms with Crippen LogP contribution in [0.1, 0.15) is 27.2 Å². The SMILES string of the molecule is Cn1nc(N2CCC(=O)NC2=O)c2cc(F)c(NN3CCN(C(=O)OC(C)(C)C)CC3)cc21. The molecule has 11 nitrogen and oxygen atoms in total. The number of imide groups is 1. The maximum atomic E-state index is 15.0. The summed E-state index contributed by atoms with van der Waals surface area (Å²) in [5, 5.41) is 8.95. The maximum absolute atomic E-state index is 15.0. The van der Waals surface area contributed by atoms with Crippen LogP contribution in [0.2, 0.25) is 0 Å². The topological polar surface area (TPSA) is 112 Å². The summed E-state index contributed by atoms with van der Waals surface area (Å²) >= 11 is 0. The largest absolute Gasteiger partial charge is 0.444 e. The van der Waals surface area contributed by atoms with Crippen molar-refractivity contribution in [2.45, 2.75) is 32.8 Å². The number of hydrogen-bond donors (Lipinski definition) is 2. The highest BCUT2D eigenvalue weighted by Crippen LogP contribution is 2.31. The molecule has 2 aromatic rings. The quantitative estimate of drug-likeness (QED) is 0.719. The van der Waals surface area contributed by atoms with Crippen molar-refractivity contribution in [3.8, 4) is 0 Å². The fourth-order valence-corrected chi connectivity index (χ4v) is 3.81. The molecule has 1 aromatic heterocycles. The predicted molar refractivity (Wildman–Crippen MR) is 119 cm³/mol. The number of anilines is 2. The predicted octanol–water partition coefficient (Wildman–Crippen LogP) is 2.04. The maximum Gasteiger partial charge on any atom is 0.410 e. The molecule has 178 valence electrons. The van der Waals surface area contributed by atoms with Gasteiger partial charge in [-0.25, -0.2) is 19.0 Å². The molecule has 0 saturated carbocycles. The van der Waals surface area contributed by atoms with Gasteiger partial charge < -0.3 is 15.1 Å². The number of piperazine rings is 1.